The van der Waals surface area contributed by atoms with Crippen LogP contribution in [0.4, 0.5) is 4.39 Å². The molecule has 0 aliphatic rings. The van der Waals surface area contributed by atoms with Crippen molar-refractivity contribution in [3.05, 3.63) is 65.5 Å². The minimum atomic E-state index is -0.321. The van der Waals surface area contributed by atoms with Gasteiger partial charge in [0, 0.05) is 18.2 Å². The van der Waals surface area contributed by atoms with Gasteiger partial charge in [0.05, 0.1) is 0 Å². The van der Waals surface area contributed by atoms with Crippen molar-refractivity contribution in [1.29, 1.82) is 0 Å². The SMILES string of the molecule is NCc1ccc(OCc2ccccc2)cc1F. The van der Waals surface area contributed by atoms with Gasteiger partial charge in [0.25, 0.3) is 0 Å². The number of hydrogen-bond donors (Lipinski definition) is 1. The molecule has 17 heavy (non-hydrogen) atoms. The molecule has 0 atom stereocenters. The van der Waals surface area contributed by atoms with E-state index in [0.29, 0.717) is 17.9 Å². The standard InChI is InChI=1S/C14H14FNO/c15-14-8-13(7-6-12(14)9-16)17-10-11-4-2-1-3-5-11/h1-8H,9-10,16H2. The van der Waals surface area contributed by atoms with Crippen molar-refractivity contribution < 1.29 is 9.13 Å². The number of ether oxygens (including phenoxy) is 1. The van der Waals surface area contributed by atoms with Crippen molar-refractivity contribution in [2.75, 3.05) is 0 Å². The molecule has 0 saturated carbocycles. The van der Waals surface area contributed by atoms with Crippen LogP contribution in [0.5, 0.6) is 5.75 Å². The largest absolute Gasteiger partial charge is 0.489 e. The first-order valence-electron chi connectivity index (χ1n) is 5.45. The molecule has 0 aromatic heterocycles. The van der Waals surface area contributed by atoms with Crippen molar-refractivity contribution >= 4 is 0 Å². The van der Waals surface area contributed by atoms with E-state index in [9.17, 15) is 4.39 Å². The molecule has 0 radical (unpaired) electrons. The zero-order chi connectivity index (χ0) is 12.1. The number of benzene rings is 2. The maximum absolute atomic E-state index is 13.4. The van der Waals surface area contributed by atoms with Crippen LogP contribution < -0.4 is 10.5 Å². The Kier molecular flexibility index (Phi) is 3.73. The molecule has 2 aromatic rings. The van der Waals surface area contributed by atoms with Gasteiger partial charge >= 0.3 is 0 Å². The molecule has 3 heteroatoms. The number of nitrogens with two attached hydrogens (primary N) is 1. The molecular weight excluding hydrogens is 217 g/mol. The highest BCUT2D eigenvalue weighted by Gasteiger charge is 2.02. The van der Waals surface area contributed by atoms with Crippen molar-refractivity contribution in [3.8, 4) is 5.75 Å². The van der Waals surface area contributed by atoms with Gasteiger partial charge in [-0.3, -0.25) is 0 Å². The van der Waals surface area contributed by atoms with Crippen LogP contribution in [-0.4, -0.2) is 0 Å². The first-order valence-corrected chi connectivity index (χ1v) is 5.45. The third kappa shape index (κ3) is 3.04. The molecule has 0 aliphatic carbocycles. The van der Waals surface area contributed by atoms with Gasteiger partial charge in [0.1, 0.15) is 18.2 Å². The van der Waals surface area contributed by atoms with Crippen LogP contribution in [0.1, 0.15) is 11.1 Å². The van der Waals surface area contributed by atoms with E-state index in [-0.39, 0.29) is 12.4 Å². The van der Waals surface area contributed by atoms with Crippen LogP contribution in [0.3, 0.4) is 0 Å². The average Bonchev–Trinajstić information content (AvgIpc) is 2.38. The summed E-state index contributed by atoms with van der Waals surface area (Å²) in [6, 6.07) is 14.5. The molecule has 2 N–H and O–H groups in total. The normalized spacial score (nSPS) is 10.2. The predicted molar refractivity (Wildman–Crippen MR) is 65.1 cm³/mol. The molecular formula is C14H14FNO. The van der Waals surface area contributed by atoms with Gasteiger partial charge in [-0.1, -0.05) is 36.4 Å². The third-order valence-electron chi connectivity index (χ3n) is 2.49. The average molecular weight is 231 g/mol. The molecule has 0 fully saturated rings. The molecule has 0 amide bonds. The first kappa shape index (κ1) is 11.6. The van der Waals surface area contributed by atoms with Crippen molar-refractivity contribution in [1.82, 2.24) is 0 Å². The lowest BCUT2D eigenvalue weighted by Crippen LogP contribution is -2.01. The van der Waals surface area contributed by atoms with E-state index in [1.807, 2.05) is 30.3 Å². The minimum absolute atomic E-state index is 0.199. The van der Waals surface area contributed by atoms with E-state index in [1.54, 1.807) is 12.1 Å². The summed E-state index contributed by atoms with van der Waals surface area (Å²) in [5.41, 5.74) is 6.93. The fourth-order valence-electron chi connectivity index (χ4n) is 1.52. The molecule has 0 saturated heterocycles. The third-order valence-corrected chi connectivity index (χ3v) is 2.49. The van der Waals surface area contributed by atoms with Gasteiger partial charge in [-0.25, -0.2) is 4.39 Å². The molecule has 2 nitrogen and oxygen atoms in total. The summed E-state index contributed by atoms with van der Waals surface area (Å²) in [4.78, 5) is 0. The Labute approximate surface area is 99.8 Å². The predicted octanol–water partition coefficient (Wildman–Crippen LogP) is 2.86. The Hall–Kier alpha value is -1.87. The fraction of sp³-hybridized carbons (Fsp3) is 0.143. The second-order valence-corrected chi connectivity index (χ2v) is 3.73. The Balaban J connectivity index is 2.02. The Morgan fingerprint density at radius 2 is 1.82 bits per heavy atom. The fourth-order valence-corrected chi connectivity index (χ4v) is 1.52. The van der Waals surface area contributed by atoms with Crippen LogP contribution in [0.25, 0.3) is 0 Å². The zero-order valence-corrected chi connectivity index (χ0v) is 9.40. The minimum Gasteiger partial charge on any atom is -0.489 e. The van der Waals surface area contributed by atoms with Gasteiger partial charge < -0.3 is 10.5 Å². The summed E-state index contributed by atoms with van der Waals surface area (Å²) in [5.74, 6) is 0.196. The number of hydrogen-bond acceptors (Lipinski definition) is 2. The van der Waals surface area contributed by atoms with E-state index in [4.69, 9.17) is 10.5 Å². The topological polar surface area (TPSA) is 35.2 Å². The van der Waals surface area contributed by atoms with E-state index in [1.165, 1.54) is 6.07 Å². The quantitative estimate of drug-likeness (QED) is 0.878. The van der Waals surface area contributed by atoms with E-state index in [2.05, 4.69) is 0 Å². The molecule has 2 aromatic carbocycles. The molecule has 0 heterocycles. The molecule has 2 rings (SSSR count). The Bertz CT molecular complexity index is 485. The summed E-state index contributed by atoms with van der Waals surface area (Å²) < 4.78 is 18.9. The molecule has 0 bridgehead atoms. The van der Waals surface area contributed by atoms with Gasteiger partial charge in [-0.2, -0.15) is 0 Å². The van der Waals surface area contributed by atoms with Crippen molar-refractivity contribution in [2.45, 2.75) is 13.2 Å². The van der Waals surface area contributed by atoms with Gasteiger partial charge in [0.2, 0.25) is 0 Å². The zero-order valence-electron chi connectivity index (χ0n) is 9.40. The monoisotopic (exact) mass is 231 g/mol. The van der Waals surface area contributed by atoms with E-state index < -0.39 is 0 Å². The van der Waals surface area contributed by atoms with Crippen LogP contribution in [0.15, 0.2) is 48.5 Å². The molecule has 0 unspecified atom stereocenters. The maximum atomic E-state index is 13.4. The second-order valence-electron chi connectivity index (χ2n) is 3.73. The second kappa shape index (κ2) is 5.46. The van der Waals surface area contributed by atoms with Gasteiger partial charge in [-0.15, -0.1) is 0 Å². The smallest absolute Gasteiger partial charge is 0.131 e. The lowest BCUT2D eigenvalue weighted by Gasteiger charge is -2.07. The highest BCUT2D eigenvalue weighted by atomic mass is 19.1. The van der Waals surface area contributed by atoms with E-state index in [0.717, 1.165) is 5.56 Å². The highest BCUT2D eigenvalue weighted by Crippen LogP contribution is 2.17. The van der Waals surface area contributed by atoms with Crippen LogP contribution in [-0.2, 0) is 13.2 Å². The molecule has 88 valence electrons. The van der Waals surface area contributed by atoms with Crippen molar-refractivity contribution in [2.24, 2.45) is 5.73 Å². The summed E-state index contributed by atoms with van der Waals surface area (Å²) in [5, 5.41) is 0. The molecule has 0 spiro atoms. The Morgan fingerprint density at radius 3 is 2.47 bits per heavy atom. The Morgan fingerprint density at radius 1 is 1.06 bits per heavy atom. The van der Waals surface area contributed by atoms with E-state index >= 15 is 0 Å². The van der Waals surface area contributed by atoms with Crippen LogP contribution >= 0.6 is 0 Å². The lowest BCUT2D eigenvalue weighted by atomic mass is 10.2. The number of halogens is 1. The summed E-state index contributed by atoms with van der Waals surface area (Å²) >= 11 is 0. The van der Waals surface area contributed by atoms with Crippen LogP contribution in [0.2, 0.25) is 0 Å². The summed E-state index contributed by atoms with van der Waals surface area (Å²) in [7, 11) is 0. The maximum Gasteiger partial charge on any atom is 0.131 e. The summed E-state index contributed by atoms with van der Waals surface area (Å²) in [6.07, 6.45) is 0. The van der Waals surface area contributed by atoms with Gasteiger partial charge in [0.15, 0.2) is 0 Å². The molecule has 0 aliphatic heterocycles. The highest BCUT2D eigenvalue weighted by molar-refractivity contribution is 5.29. The lowest BCUT2D eigenvalue weighted by molar-refractivity contribution is 0.304. The summed E-state index contributed by atoms with van der Waals surface area (Å²) in [6.45, 7) is 0.632. The number of rotatable bonds is 4. The van der Waals surface area contributed by atoms with Gasteiger partial charge in [-0.05, 0) is 11.6 Å². The first-order chi connectivity index (χ1) is 8.29. The van der Waals surface area contributed by atoms with Crippen LogP contribution in [0, 0.1) is 5.82 Å². The van der Waals surface area contributed by atoms with Crippen molar-refractivity contribution in [3.63, 3.8) is 0 Å².